The van der Waals surface area contributed by atoms with E-state index in [2.05, 4.69) is 19.2 Å². The summed E-state index contributed by atoms with van der Waals surface area (Å²) >= 11 is 0. The third kappa shape index (κ3) is 5.34. The number of ether oxygens (including phenoxy) is 2. The lowest BCUT2D eigenvalue weighted by molar-refractivity contribution is -0.124. The van der Waals surface area contributed by atoms with Crippen molar-refractivity contribution in [3.8, 4) is 5.75 Å². The Balaban J connectivity index is 1.84. The maximum Gasteiger partial charge on any atom is 0.338 e. The minimum absolute atomic E-state index is 0.197. The van der Waals surface area contributed by atoms with Gasteiger partial charge in [-0.25, -0.2) is 4.79 Å². The topological polar surface area (TPSA) is 64.6 Å². The lowest BCUT2D eigenvalue weighted by Gasteiger charge is -2.15. The van der Waals surface area contributed by atoms with E-state index < -0.39 is 5.97 Å². The normalized spacial score (nSPS) is 11.7. The van der Waals surface area contributed by atoms with Crippen molar-refractivity contribution in [3.05, 3.63) is 65.2 Å². The Morgan fingerprint density at radius 2 is 1.50 bits per heavy atom. The molecule has 0 aromatic heterocycles. The molecule has 0 aliphatic heterocycles. The molecule has 5 nitrogen and oxygen atoms in total. The zero-order chi connectivity index (χ0) is 19.1. The van der Waals surface area contributed by atoms with Gasteiger partial charge in [0.05, 0.1) is 18.7 Å². The number of nitrogens with one attached hydrogen (secondary N) is 1. The van der Waals surface area contributed by atoms with Crippen LogP contribution < -0.4 is 10.1 Å². The summed E-state index contributed by atoms with van der Waals surface area (Å²) in [7, 11) is 1.60. The quantitative estimate of drug-likeness (QED) is 0.766. The molecule has 138 valence electrons. The van der Waals surface area contributed by atoms with Crippen molar-refractivity contribution in [2.24, 2.45) is 0 Å². The van der Waals surface area contributed by atoms with Crippen molar-refractivity contribution < 1.29 is 19.1 Å². The van der Waals surface area contributed by atoms with Gasteiger partial charge in [0.1, 0.15) is 5.75 Å². The summed E-state index contributed by atoms with van der Waals surface area (Å²) in [6, 6.07) is 14.5. The molecule has 26 heavy (non-hydrogen) atoms. The van der Waals surface area contributed by atoms with Gasteiger partial charge in [0, 0.05) is 0 Å². The number of carbonyl (C=O) groups is 2. The average Bonchev–Trinajstić information content (AvgIpc) is 2.66. The second-order valence-corrected chi connectivity index (χ2v) is 6.42. The lowest BCUT2D eigenvalue weighted by Crippen LogP contribution is -2.31. The zero-order valence-corrected chi connectivity index (χ0v) is 15.6. The Morgan fingerprint density at radius 1 is 0.923 bits per heavy atom. The molecule has 0 aliphatic carbocycles. The summed E-state index contributed by atoms with van der Waals surface area (Å²) in [6.45, 7) is 5.72. The van der Waals surface area contributed by atoms with Crippen molar-refractivity contribution in [1.29, 1.82) is 0 Å². The number of hydrogen-bond acceptors (Lipinski definition) is 4. The van der Waals surface area contributed by atoms with Gasteiger partial charge in [0.2, 0.25) is 0 Å². The SMILES string of the molecule is COc1ccc([C@H](C)NC(=O)COC(=O)c2ccc(C(C)C)cc2)cc1. The van der Waals surface area contributed by atoms with Gasteiger partial charge in [-0.15, -0.1) is 0 Å². The molecule has 1 amide bonds. The Hall–Kier alpha value is -2.82. The molecule has 1 N–H and O–H groups in total. The molecule has 0 aliphatic rings. The minimum Gasteiger partial charge on any atom is -0.497 e. The highest BCUT2D eigenvalue weighted by Crippen LogP contribution is 2.17. The van der Waals surface area contributed by atoms with Gasteiger partial charge < -0.3 is 14.8 Å². The molecule has 0 heterocycles. The number of amides is 1. The van der Waals surface area contributed by atoms with E-state index in [1.807, 2.05) is 43.3 Å². The Morgan fingerprint density at radius 3 is 2.04 bits per heavy atom. The number of methoxy groups -OCH3 is 1. The fourth-order valence-corrected chi connectivity index (χ4v) is 2.48. The van der Waals surface area contributed by atoms with Gasteiger partial charge in [-0.2, -0.15) is 0 Å². The van der Waals surface area contributed by atoms with E-state index in [0.29, 0.717) is 11.5 Å². The number of carbonyl (C=O) groups excluding carboxylic acids is 2. The van der Waals surface area contributed by atoms with Crippen molar-refractivity contribution in [3.63, 3.8) is 0 Å². The highest BCUT2D eigenvalue weighted by Gasteiger charge is 2.13. The Labute approximate surface area is 154 Å². The van der Waals surface area contributed by atoms with Crippen molar-refractivity contribution in [2.45, 2.75) is 32.7 Å². The van der Waals surface area contributed by atoms with Crippen molar-refractivity contribution in [2.75, 3.05) is 13.7 Å². The molecule has 2 rings (SSSR count). The van der Waals surface area contributed by atoms with Crippen LogP contribution in [0.1, 0.15) is 54.2 Å². The van der Waals surface area contributed by atoms with E-state index in [9.17, 15) is 9.59 Å². The first-order valence-electron chi connectivity index (χ1n) is 8.61. The fraction of sp³-hybridized carbons (Fsp3) is 0.333. The molecule has 0 bridgehead atoms. The number of esters is 1. The van der Waals surface area contributed by atoms with Crippen molar-refractivity contribution >= 4 is 11.9 Å². The maximum absolute atomic E-state index is 12.0. The minimum atomic E-state index is -0.507. The Bertz CT molecular complexity index is 736. The van der Waals surface area contributed by atoms with E-state index >= 15 is 0 Å². The second kappa shape index (κ2) is 9.04. The highest BCUT2D eigenvalue weighted by atomic mass is 16.5. The predicted molar refractivity (Wildman–Crippen MR) is 100 cm³/mol. The van der Waals surface area contributed by atoms with Crippen LogP contribution in [-0.4, -0.2) is 25.6 Å². The van der Waals surface area contributed by atoms with E-state index in [4.69, 9.17) is 9.47 Å². The van der Waals surface area contributed by atoms with Crippen LogP contribution in [0.3, 0.4) is 0 Å². The van der Waals surface area contributed by atoms with Gasteiger partial charge in [-0.05, 0) is 48.2 Å². The molecule has 0 spiro atoms. The van der Waals surface area contributed by atoms with Crippen LogP contribution in [0.25, 0.3) is 0 Å². The Kier molecular flexibility index (Phi) is 6.78. The van der Waals surface area contributed by atoms with Crippen LogP contribution in [0.2, 0.25) is 0 Å². The van der Waals surface area contributed by atoms with Crippen LogP contribution in [0.5, 0.6) is 5.75 Å². The van der Waals surface area contributed by atoms with E-state index in [1.165, 1.54) is 0 Å². The van der Waals surface area contributed by atoms with Crippen LogP contribution in [-0.2, 0) is 9.53 Å². The largest absolute Gasteiger partial charge is 0.497 e. The molecule has 0 fully saturated rings. The molecular weight excluding hydrogens is 330 g/mol. The zero-order valence-electron chi connectivity index (χ0n) is 15.6. The third-order valence-corrected chi connectivity index (χ3v) is 4.14. The summed E-state index contributed by atoms with van der Waals surface area (Å²) in [5.74, 6) is 0.294. The highest BCUT2D eigenvalue weighted by molar-refractivity contribution is 5.91. The van der Waals surface area contributed by atoms with Gasteiger partial charge in [0.15, 0.2) is 6.61 Å². The third-order valence-electron chi connectivity index (χ3n) is 4.14. The molecule has 0 saturated heterocycles. The maximum atomic E-state index is 12.0. The standard InChI is InChI=1S/C21H25NO4/c1-14(2)16-5-7-18(8-6-16)21(24)26-13-20(23)22-15(3)17-9-11-19(25-4)12-10-17/h5-12,14-15H,13H2,1-4H3,(H,22,23)/t15-/m0/s1. The van der Waals surface area contributed by atoms with Gasteiger partial charge in [-0.3, -0.25) is 4.79 Å². The molecule has 2 aromatic carbocycles. The molecule has 0 saturated carbocycles. The first-order chi connectivity index (χ1) is 12.4. The molecule has 0 radical (unpaired) electrons. The number of benzene rings is 2. The summed E-state index contributed by atoms with van der Waals surface area (Å²) in [5.41, 5.74) is 2.52. The predicted octanol–water partition coefficient (Wildman–Crippen LogP) is 3.85. The van der Waals surface area contributed by atoms with Gasteiger partial charge >= 0.3 is 5.97 Å². The van der Waals surface area contributed by atoms with Crippen LogP contribution in [0.4, 0.5) is 0 Å². The summed E-state index contributed by atoms with van der Waals surface area (Å²) in [4.78, 5) is 24.1. The number of rotatable bonds is 7. The molecule has 0 unspecified atom stereocenters. The van der Waals surface area contributed by atoms with Crippen LogP contribution >= 0.6 is 0 Å². The van der Waals surface area contributed by atoms with E-state index in [-0.39, 0.29) is 18.6 Å². The first-order valence-corrected chi connectivity index (χ1v) is 8.61. The summed E-state index contributed by atoms with van der Waals surface area (Å²) in [6.07, 6.45) is 0. The second-order valence-electron chi connectivity index (χ2n) is 6.42. The van der Waals surface area contributed by atoms with E-state index in [1.54, 1.807) is 19.2 Å². The van der Waals surface area contributed by atoms with Gasteiger partial charge in [-0.1, -0.05) is 38.1 Å². The molecular formula is C21H25NO4. The summed E-state index contributed by atoms with van der Waals surface area (Å²) < 4.78 is 10.2. The van der Waals surface area contributed by atoms with E-state index in [0.717, 1.165) is 16.9 Å². The molecule has 2 aromatic rings. The monoisotopic (exact) mass is 355 g/mol. The first kappa shape index (κ1) is 19.5. The van der Waals surface area contributed by atoms with Crippen LogP contribution in [0, 0.1) is 0 Å². The van der Waals surface area contributed by atoms with Gasteiger partial charge in [0.25, 0.3) is 5.91 Å². The number of hydrogen-bond donors (Lipinski definition) is 1. The van der Waals surface area contributed by atoms with Crippen molar-refractivity contribution in [1.82, 2.24) is 5.32 Å². The summed E-state index contributed by atoms with van der Waals surface area (Å²) in [5, 5.41) is 2.81. The fourth-order valence-electron chi connectivity index (χ4n) is 2.48. The smallest absolute Gasteiger partial charge is 0.338 e. The molecule has 1 atom stereocenters. The lowest BCUT2D eigenvalue weighted by atomic mass is 10.0. The average molecular weight is 355 g/mol. The van der Waals surface area contributed by atoms with Crippen LogP contribution in [0.15, 0.2) is 48.5 Å². The molecule has 5 heteroatoms.